The highest BCUT2D eigenvalue weighted by atomic mass is 32.2. The fraction of sp³-hybridized carbons (Fsp3) is 1.00. The fourth-order valence-corrected chi connectivity index (χ4v) is 3.61. The van der Waals surface area contributed by atoms with Gasteiger partial charge in [-0.1, -0.05) is 12.8 Å². The zero-order valence-electron chi connectivity index (χ0n) is 9.16. The smallest absolute Gasteiger partial charge is 0.208 e. The van der Waals surface area contributed by atoms with Crippen molar-refractivity contribution in [2.45, 2.75) is 50.2 Å². The second kappa shape index (κ2) is 4.03. The van der Waals surface area contributed by atoms with Crippen LogP contribution in [0.1, 0.15) is 38.5 Å². The molecule has 1 aliphatic heterocycles. The molecule has 0 unspecified atom stereocenters. The van der Waals surface area contributed by atoms with Gasteiger partial charge in [0, 0.05) is 12.6 Å². The molecule has 0 amide bonds. The van der Waals surface area contributed by atoms with Crippen LogP contribution in [0.5, 0.6) is 0 Å². The maximum atomic E-state index is 11.2. The average Bonchev–Trinajstić information content (AvgIpc) is 2.50. The minimum Gasteiger partial charge on any atom is -0.375 e. The first-order valence-electron chi connectivity index (χ1n) is 5.60. The maximum Gasteiger partial charge on any atom is 0.208 e. The fourth-order valence-electron chi connectivity index (χ4n) is 2.80. The van der Waals surface area contributed by atoms with Crippen LogP contribution in [0.15, 0.2) is 0 Å². The van der Waals surface area contributed by atoms with Crippen molar-refractivity contribution in [3.63, 3.8) is 0 Å². The summed E-state index contributed by atoms with van der Waals surface area (Å²) in [6.07, 6.45) is 7.49. The SMILES string of the molecule is CS(=O)(=O)N[C@@H]1CCOC2(CCCC2)C1. The first-order chi connectivity index (χ1) is 6.99. The molecule has 0 aromatic heterocycles. The highest BCUT2D eigenvalue weighted by Crippen LogP contribution is 2.39. The summed E-state index contributed by atoms with van der Waals surface area (Å²) in [6, 6.07) is 0.0758. The Hall–Kier alpha value is -0.130. The maximum absolute atomic E-state index is 11.2. The van der Waals surface area contributed by atoms with E-state index >= 15 is 0 Å². The summed E-state index contributed by atoms with van der Waals surface area (Å²) in [5.41, 5.74) is -0.0133. The lowest BCUT2D eigenvalue weighted by molar-refractivity contribution is -0.0809. The largest absolute Gasteiger partial charge is 0.375 e. The number of nitrogens with one attached hydrogen (secondary N) is 1. The van der Waals surface area contributed by atoms with E-state index in [1.165, 1.54) is 19.1 Å². The lowest BCUT2D eigenvalue weighted by Crippen LogP contribution is -2.47. The highest BCUT2D eigenvalue weighted by molar-refractivity contribution is 7.88. The molecule has 15 heavy (non-hydrogen) atoms. The molecule has 1 aliphatic carbocycles. The van der Waals surface area contributed by atoms with Crippen molar-refractivity contribution in [1.29, 1.82) is 0 Å². The molecule has 0 radical (unpaired) electrons. The normalized spacial score (nSPS) is 30.9. The van der Waals surface area contributed by atoms with Crippen molar-refractivity contribution in [3.8, 4) is 0 Å². The van der Waals surface area contributed by atoms with E-state index in [2.05, 4.69) is 4.72 Å². The van der Waals surface area contributed by atoms with Gasteiger partial charge < -0.3 is 4.74 Å². The predicted molar refractivity (Wildman–Crippen MR) is 58.2 cm³/mol. The Balaban J connectivity index is 1.98. The molecule has 2 aliphatic rings. The van der Waals surface area contributed by atoms with Gasteiger partial charge in [-0.2, -0.15) is 0 Å². The first-order valence-corrected chi connectivity index (χ1v) is 7.50. The summed E-state index contributed by atoms with van der Waals surface area (Å²) >= 11 is 0. The van der Waals surface area contributed by atoms with Crippen molar-refractivity contribution >= 4 is 10.0 Å². The van der Waals surface area contributed by atoms with Crippen molar-refractivity contribution < 1.29 is 13.2 Å². The Labute approximate surface area is 91.4 Å². The summed E-state index contributed by atoms with van der Waals surface area (Å²) in [5, 5.41) is 0. The van der Waals surface area contributed by atoms with Crippen LogP contribution in [0.3, 0.4) is 0 Å². The van der Waals surface area contributed by atoms with Crippen molar-refractivity contribution in [2.24, 2.45) is 0 Å². The van der Waals surface area contributed by atoms with Crippen LogP contribution in [0.4, 0.5) is 0 Å². The van der Waals surface area contributed by atoms with Crippen molar-refractivity contribution in [2.75, 3.05) is 12.9 Å². The Kier molecular flexibility index (Phi) is 3.05. The third-order valence-electron chi connectivity index (χ3n) is 3.39. The zero-order chi connectivity index (χ0) is 10.9. The van der Waals surface area contributed by atoms with E-state index in [1.807, 2.05) is 0 Å². The molecule has 5 heteroatoms. The molecule has 88 valence electrons. The molecule has 1 saturated heterocycles. The number of sulfonamides is 1. The summed E-state index contributed by atoms with van der Waals surface area (Å²) in [5.74, 6) is 0. The first kappa shape index (κ1) is 11.4. The quantitative estimate of drug-likeness (QED) is 0.775. The molecule has 4 nitrogen and oxygen atoms in total. The van der Waals surface area contributed by atoms with Gasteiger partial charge in [0.15, 0.2) is 0 Å². The van der Waals surface area contributed by atoms with E-state index in [4.69, 9.17) is 4.74 Å². The molecule has 0 aromatic carbocycles. The van der Waals surface area contributed by atoms with Gasteiger partial charge in [0.2, 0.25) is 10.0 Å². The second-order valence-electron chi connectivity index (χ2n) is 4.82. The predicted octanol–water partition coefficient (Wildman–Crippen LogP) is 1.03. The summed E-state index contributed by atoms with van der Waals surface area (Å²) in [7, 11) is -3.08. The molecule has 1 heterocycles. The minimum atomic E-state index is -3.08. The molecule has 1 saturated carbocycles. The van der Waals surface area contributed by atoms with E-state index in [9.17, 15) is 8.42 Å². The molecule has 0 aromatic rings. The van der Waals surface area contributed by atoms with Gasteiger partial charge in [-0.05, 0) is 25.7 Å². The third-order valence-corrected chi connectivity index (χ3v) is 4.15. The van der Waals surface area contributed by atoms with Crippen LogP contribution in [0.25, 0.3) is 0 Å². The lowest BCUT2D eigenvalue weighted by atomic mass is 9.89. The summed E-state index contributed by atoms with van der Waals surface area (Å²) in [4.78, 5) is 0. The molecule has 0 bridgehead atoms. The van der Waals surface area contributed by atoms with Crippen LogP contribution in [0, 0.1) is 0 Å². The Bertz CT molecular complexity index is 320. The van der Waals surface area contributed by atoms with E-state index < -0.39 is 10.0 Å². The average molecular weight is 233 g/mol. The van der Waals surface area contributed by atoms with E-state index in [0.29, 0.717) is 6.61 Å². The standard InChI is InChI=1S/C10H19NO3S/c1-15(12,13)11-9-4-7-14-10(8-9)5-2-3-6-10/h9,11H,2-8H2,1H3/t9-/m1/s1. The van der Waals surface area contributed by atoms with Gasteiger partial charge >= 0.3 is 0 Å². The van der Waals surface area contributed by atoms with Gasteiger partial charge in [-0.25, -0.2) is 13.1 Å². The van der Waals surface area contributed by atoms with Crippen molar-refractivity contribution in [1.82, 2.24) is 4.72 Å². The van der Waals surface area contributed by atoms with Gasteiger partial charge in [0.25, 0.3) is 0 Å². The number of hydrogen-bond donors (Lipinski definition) is 1. The van der Waals surface area contributed by atoms with E-state index in [0.717, 1.165) is 25.7 Å². The Morgan fingerprint density at radius 1 is 1.33 bits per heavy atom. The molecular weight excluding hydrogens is 214 g/mol. The van der Waals surface area contributed by atoms with Crippen LogP contribution in [0.2, 0.25) is 0 Å². The van der Waals surface area contributed by atoms with Crippen LogP contribution < -0.4 is 4.72 Å². The van der Waals surface area contributed by atoms with Gasteiger partial charge in [-0.3, -0.25) is 0 Å². The Morgan fingerprint density at radius 2 is 2.00 bits per heavy atom. The number of rotatable bonds is 2. The van der Waals surface area contributed by atoms with Gasteiger partial charge in [-0.15, -0.1) is 0 Å². The van der Waals surface area contributed by atoms with Gasteiger partial charge in [0.1, 0.15) is 0 Å². The van der Waals surface area contributed by atoms with Crippen molar-refractivity contribution in [3.05, 3.63) is 0 Å². The molecule has 1 spiro atoms. The summed E-state index contributed by atoms with van der Waals surface area (Å²) in [6.45, 7) is 0.688. The Morgan fingerprint density at radius 3 is 2.60 bits per heavy atom. The number of ether oxygens (including phenoxy) is 1. The van der Waals surface area contributed by atoms with Crippen LogP contribution in [-0.2, 0) is 14.8 Å². The molecule has 2 rings (SSSR count). The van der Waals surface area contributed by atoms with E-state index in [-0.39, 0.29) is 11.6 Å². The molecule has 1 N–H and O–H groups in total. The minimum absolute atomic E-state index is 0.0133. The topological polar surface area (TPSA) is 55.4 Å². The van der Waals surface area contributed by atoms with E-state index in [1.54, 1.807) is 0 Å². The second-order valence-corrected chi connectivity index (χ2v) is 6.60. The molecular formula is C10H19NO3S. The molecule has 1 atom stereocenters. The molecule has 2 fully saturated rings. The van der Waals surface area contributed by atoms with Gasteiger partial charge in [0.05, 0.1) is 11.9 Å². The highest BCUT2D eigenvalue weighted by Gasteiger charge is 2.40. The number of hydrogen-bond acceptors (Lipinski definition) is 3. The van der Waals surface area contributed by atoms with Crippen LogP contribution in [-0.4, -0.2) is 32.9 Å². The van der Waals surface area contributed by atoms with Crippen LogP contribution >= 0.6 is 0 Å². The third kappa shape index (κ3) is 2.92. The zero-order valence-corrected chi connectivity index (χ0v) is 9.98. The monoisotopic (exact) mass is 233 g/mol. The summed E-state index contributed by atoms with van der Waals surface area (Å²) < 4.78 is 30.8. The lowest BCUT2D eigenvalue weighted by Gasteiger charge is -2.38.